The lowest BCUT2D eigenvalue weighted by atomic mass is 10.00. The minimum Gasteiger partial charge on any atom is -0.354 e. The number of carbonyl (C=O) groups is 1. The summed E-state index contributed by atoms with van der Waals surface area (Å²) in [5, 5.41) is 6.66. The van der Waals surface area contributed by atoms with Crippen LogP contribution >= 0.6 is 24.0 Å². The van der Waals surface area contributed by atoms with Gasteiger partial charge in [-0.2, -0.15) is 0 Å². The second-order valence-electron chi connectivity index (χ2n) is 8.31. The molecule has 0 aromatic heterocycles. The molecule has 1 saturated heterocycles. The van der Waals surface area contributed by atoms with Crippen LogP contribution in [0.2, 0.25) is 0 Å². The van der Waals surface area contributed by atoms with Crippen molar-refractivity contribution in [1.82, 2.24) is 20.4 Å². The van der Waals surface area contributed by atoms with Gasteiger partial charge < -0.3 is 15.5 Å². The molecular weight excluding hydrogens is 513 g/mol. The van der Waals surface area contributed by atoms with E-state index in [4.69, 9.17) is 0 Å². The summed E-state index contributed by atoms with van der Waals surface area (Å²) < 4.78 is 0. The van der Waals surface area contributed by atoms with E-state index >= 15 is 0 Å². The molecule has 2 aliphatic heterocycles. The number of nitrogens with one attached hydrogen (secondary N) is 2. The zero-order valence-corrected chi connectivity index (χ0v) is 21.1. The van der Waals surface area contributed by atoms with Crippen LogP contribution in [0, 0.1) is 0 Å². The highest BCUT2D eigenvalue weighted by molar-refractivity contribution is 14.0. The molecule has 0 aliphatic carbocycles. The van der Waals surface area contributed by atoms with Crippen LogP contribution in [0.1, 0.15) is 35.6 Å². The minimum absolute atomic E-state index is 0. The van der Waals surface area contributed by atoms with Gasteiger partial charge in [-0.15, -0.1) is 24.0 Å². The predicted octanol–water partition coefficient (Wildman–Crippen LogP) is 3.19. The zero-order chi connectivity index (χ0) is 21.5. The van der Waals surface area contributed by atoms with Gasteiger partial charge in [0.05, 0.1) is 12.6 Å². The van der Waals surface area contributed by atoms with E-state index in [2.05, 4.69) is 69.1 Å². The van der Waals surface area contributed by atoms with E-state index in [0.29, 0.717) is 18.5 Å². The third-order valence-electron chi connectivity index (χ3n) is 6.34. The van der Waals surface area contributed by atoms with E-state index in [9.17, 15) is 4.79 Å². The smallest absolute Gasteiger partial charge is 0.242 e. The fourth-order valence-electron chi connectivity index (χ4n) is 4.58. The Morgan fingerprint density at radius 2 is 1.66 bits per heavy atom. The standard InChI is InChI=1S/C25H33N5O.HI/c1-26-25(27-17-23(29-14-7-8-15-29)21-10-3-2-4-11-21)28-18-24(31)30-16-13-20-9-5-6-12-22(20)19-30;/h2-6,9-12,23H,7-8,13-19H2,1H3,(H2,26,27,28);1H. The largest absolute Gasteiger partial charge is 0.354 e. The number of rotatable bonds is 6. The molecule has 2 aliphatic rings. The second kappa shape index (κ2) is 12.2. The Balaban J connectivity index is 0.00000289. The normalized spacial score (nSPS) is 17.3. The lowest BCUT2D eigenvalue weighted by Gasteiger charge is -2.30. The van der Waals surface area contributed by atoms with Crippen molar-refractivity contribution >= 4 is 35.8 Å². The summed E-state index contributed by atoms with van der Waals surface area (Å²) >= 11 is 0. The highest BCUT2D eigenvalue weighted by Gasteiger charge is 2.24. The van der Waals surface area contributed by atoms with Crippen molar-refractivity contribution in [3.8, 4) is 0 Å². The van der Waals surface area contributed by atoms with Gasteiger partial charge in [0.2, 0.25) is 5.91 Å². The van der Waals surface area contributed by atoms with Crippen molar-refractivity contribution in [2.75, 3.05) is 39.8 Å². The Morgan fingerprint density at radius 3 is 2.38 bits per heavy atom. The van der Waals surface area contributed by atoms with E-state index in [1.54, 1.807) is 7.05 Å². The molecule has 1 atom stereocenters. The highest BCUT2D eigenvalue weighted by Crippen LogP contribution is 2.24. The van der Waals surface area contributed by atoms with Gasteiger partial charge in [0.15, 0.2) is 5.96 Å². The van der Waals surface area contributed by atoms with Crippen molar-refractivity contribution in [3.63, 3.8) is 0 Å². The van der Waals surface area contributed by atoms with Crippen LogP contribution in [0.3, 0.4) is 0 Å². The number of nitrogens with zero attached hydrogens (tertiary/aromatic N) is 3. The number of benzene rings is 2. The van der Waals surface area contributed by atoms with Crippen LogP contribution in [-0.4, -0.2) is 61.4 Å². The van der Waals surface area contributed by atoms with Gasteiger partial charge in [0.1, 0.15) is 0 Å². The molecule has 4 rings (SSSR count). The molecule has 0 saturated carbocycles. The van der Waals surface area contributed by atoms with Crippen molar-refractivity contribution in [2.45, 2.75) is 31.8 Å². The number of amides is 1. The average molecular weight is 547 g/mol. The van der Waals surface area contributed by atoms with Crippen molar-refractivity contribution in [3.05, 3.63) is 71.3 Å². The summed E-state index contributed by atoms with van der Waals surface area (Å²) in [5.74, 6) is 0.780. The number of carbonyl (C=O) groups excluding carboxylic acids is 1. The maximum Gasteiger partial charge on any atom is 0.242 e. The summed E-state index contributed by atoms with van der Waals surface area (Å²) in [5.41, 5.74) is 3.92. The van der Waals surface area contributed by atoms with E-state index in [1.807, 2.05) is 11.0 Å². The molecule has 0 bridgehead atoms. The predicted molar refractivity (Wildman–Crippen MR) is 140 cm³/mol. The molecule has 1 amide bonds. The number of halogens is 1. The third kappa shape index (κ3) is 6.22. The Labute approximate surface area is 208 Å². The zero-order valence-electron chi connectivity index (χ0n) is 18.8. The van der Waals surface area contributed by atoms with Crippen LogP contribution in [0.15, 0.2) is 59.6 Å². The fourth-order valence-corrected chi connectivity index (χ4v) is 4.58. The molecule has 1 fully saturated rings. The molecular formula is C25H34IN5O. The molecule has 0 radical (unpaired) electrons. The maximum atomic E-state index is 12.8. The first kappa shape index (κ1) is 24.5. The molecule has 0 spiro atoms. The molecule has 2 N–H and O–H groups in total. The molecule has 1 unspecified atom stereocenters. The lowest BCUT2D eigenvalue weighted by molar-refractivity contribution is -0.130. The minimum atomic E-state index is 0. The molecule has 7 heteroatoms. The molecule has 2 aromatic rings. The number of likely N-dealkylation sites (tertiary alicyclic amines) is 1. The van der Waals surface area contributed by atoms with E-state index in [0.717, 1.165) is 32.6 Å². The van der Waals surface area contributed by atoms with E-state index in [1.165, 1.54) is 29.5 Å². The van der Waals surface area contributed by atoms with Crippen LogP contribution in [-0.2, 0) is 17.8 Å². The number of hydrogen-bond donors (Lipinski definition) is 2. The van der Waals surface area contributed by atoms with Gasteiger partial charge in [-0.25, -0.2) is 0 Å². The molecule has 2 aromatic carbocycles. The monoisotopic (exact) mass is 547 g/mol. The van der Waals surface area contributed by atoms with Gasteiger partial charge >= 0.3 is 0 Å². The van der Waals surface area contributed by atoms with Crippen LogP contribution in [0.5, 0.6) is 0 Å². The van der Waals surface area contributed by atoms with Crippen LogP contribution in [0.25, 0.3) is 0 Å². The summed E-state index contributed by atoms with van der Waals surface area (Å²) in [6, 6.07) is 19.3. The highest BCUT2D eigenvalue weighted by atomic mass is 127. The third-order valence-corrected chi connectivity index (χ3v) is 6.34. The lowest BCUT2D eigenvalue weighted by Crippen LogP contribution is -2.47. The maximum absolute atomic E-state index is 12.8. The van der Waals surface area contributed by atoms with Crippen molar-refractivity contribution in [2.24, 2.45) is 4.99 Å². The average Bonchev–Trinajstić information content (AvgIpc) is 3.36. The SMILES string of the molecule is CN=C(NCC(=O)N1CCc2ccccc2C1)NCC(c1ccccc1)N1CCCC1.I. The molecule has 6 nitrogen and oxygen atoms in total. The molecule has 172 valence electrons. The van der Waals surface area contributed by atoms with Crippen molar-refractivity contribution in [1.29, 1.82) is 0 Å². The first-order valence-corrected chi connectivity index (χ1v) is 11.3. The second-order valence-corrected chi connectivity index (χ2v) is 8.31. The quantitative estimate of drug-likeness (QED) is 0.332. The summed E-state index contributed by atoms with van der Waals surface area (Å²) in [6.45, 7) is 4.73. The van der Waals surface area contributed by atoms with Crippen molar-refractivity contribution < 1.29 is 4.79 Å². The Morgan fingerprint density at radius 1 is 0.969 bits per heavy atom. The fraction of sp³-hybridized carbons (Fsp3) is 0.440. The first-order valence-electron chi connectivity index (χ1n) is 11.3. The summed E-state index contributed by atoms with van der Waals surface area (Å²) in [7, 11) is 1.75. The molecule has 2 heterocycles. The molecule has 32 heavy (non-hydrogen) atoms. The van der Waals surface area contributed by atoms with Gasteiger partial charge in [-0.1, -0.05) is 54.6 Å². The van der Waals surface area contributed by atoms with Crippen LogP contribution < -0.4 is 10.6 Å². The summed E-state index contributed by atoms with van der Waals surface area (Å²) in [4.78, 5) is 21.6. The van der Waals surface area contributed by atoms with Crippen LogP contribution in [0.4, 0.5) is 0 Å². The van der Waals surface area contributed by atoms with Gasteiger partial charge in [0, 0.05) is 26.7 Å². The van der Waals surface area contributed by atoms with Gasteiger partial charge in [-0.05, 0) is 49.0 Å². The number of fused-ring (bicyclic) bond motifs is 1. The van der Waals surface area contributed by atoms with E-state index in [-0.39, 0.29) is 36.4 Å². The summed E-state index contributed by atoms with van der Waals surface area (Å²) in [6.07, 6.45) is 3.43. The Bertz CT molecular complexity index is 898. The Hall–Kier alpha value is -2.13. The number of aliphatic imine (C=N–C) groups is 1. The first-order chi connectivity index (χ1) is 15.2. The number of guanidine groups is 1. The topological polar surface area (TPSA) is 60.0 Å². The number of hydrogen-bond acceptors (Lipinski definition) is 3. The van der Waals surface area contributed by atoms with E-state index < -0.39 is 0 Å². The Kier molecular flexibility index (Phi) is 9.35. The van der Waals surface area contributed by atoms with Gasteiger partial charge in [-0.3, -0.25) is 14.7 Å². The van der Waals surface area contributed by atoms with Gasteiger partial charge in [0.25, 0.3) is 0 Å².